The van der Waals surface area contributed by atoms with Crippen molar-refractivity contribution >= 4 is 79.2 Å². The molecule has 0 aliphatic carbocycles. The zero-order valence-corrected chi connectivity index (χ0v) is 41.3. The summed E-state index contributed by atoms with van der Waals surface area (Å²) in [4.78, 5) is 5.16. The molecule has 0 radical (unpaired) electrons. The van der Waals surface area contributed by atoms with Gasteiger partial charge in [0.25, 0.3) is 0 Å². The van der Waals surface area contributed by atoms with E-state index in [1.807, 2.05) is 11.8 Å². The average Bonchev–Trinajstić information content (AvgIpc) is 3.46. The summed E-state index contributed by atoms with van der Waals surface area (Å²) in [7, 11) is -3.24. The van der Waals surface area contributed by atoms with Crippen molar-refractivity contribution in [1.29, 1.82) is 0 Å². The zero-order chi connectivity index (χ0) is 47.6. The Bertz CT molecular complexity index is 3800. The minimum atomic E-state index is -3.24. The normalized spacial score (nSPS) is 13.7. The molecule has 0 N–H and O–H groups in total. The van der Waals surface area contributed by atoms with Crippen LogP contribution in [0.1, 0.15) is 22.3 Å². The van der Waals surface area contributed by atoms with Gasteiger partial charge in [-0.05, 0) is 129 Å². The SMILES string of the molecule is c1ccc([Si]2(c3ccccc3)c3ccccc3C3(c4ccccc4Sc4ccccc43)c3cccc(N(c4ccc(-c5cccc6ccccc56)cc4)c4ccc(-c5cccc6ccccc56)cc4)c32)cc1. The highest BCUT2D eigenvalue weighted by Crippen LogP contribution is 2.57. The molecule has 12 aromatic rings. The first-order valence-electron chi connectivity index (χ1n) is 24.9. The minimum Gasteiger partial charge on any atom is -0.311 e. The molecule has 3 heteroatoms. The lowest BCUT2D eigenvalue weighted by Crippen LogP contribution is -2.79. The van der Waals surface area contributed by atoms with Crippen molar-refractivity contribution in [3.05, 3.63) is 307 Å². The van der Waals surface area contributed by atoms with Gasteiger partial charge in [0.05, 0.1) is 5.41 Å². The van der Waals surface area contributed by atoms with Crippen LogP contribution < -0.4 is 25.6 Å². The summed E-state index contributed by atoms with van der Waals surface area (Å²) in [6.07, 6.45) is 0. The number of benzene rings is 12. The zero-order valence-electron chi connectivity index (χ0n) is 39.5. The first kappa shape index (κ1) is 42.4. The second-order valence-electron chi connectivity index (χ2n) is 19.1. The van der Waals surface area contributed by atoms with E-state index in [2.05, 4.69) is 290 Å². The van der Waals surface area contributed by atoms with Crippen LogP contribution in [0.2, 0.25) is 0 Å². The number of nitrogens with zero attached hydrogens (tertiary/aromatic N) is 1. The highest BCUT2D eigenvalue weighted by atomic mass is 32.2. The number of rotatable bonds is 7. The number of anilines is 3. The second-order valence-corrected chi connectivity index (χ2v) is 23.8. The van der Waals surface area contributed by atoms with Crippen molar-refractivity contribution in [3.63, 3.8) is 0 Å². The van der Waals surface area contributed by atoms with Gasteiger partial charge in [-0.1, -0.05) is 254 Å². The van der Waals surface area contributed by atoms with Gasteiger partial charge in [-0.2, -0.15) is 0 Å². The Morgan fingerprint density at radius 2 is 0.736 bits per heavy atom. The Labute approximate surface area is 426 Å². The van der Waals surface area contributed by atoms with Crippen molar-refractivity contribution in [3.8, 4) is 22.3 Å². The molecule has 1 spiro atoms. The third-order valence-electron chi connectivity index (χ3n) is 15.5. The van der Waals surface area contributed by atoms with Gasteiger partial charge in [-0.15, -0.1) is 0 Å². The maximum Gasteiger partial charge on any atom is 0.182 e. The molecule has 2 aliphatic heterocycles. The average molecular weight is 950 g/mol. The van der Waals surface area contributed by atoms with Gasteiger partial charge < -0.3 is 4.90 Å². The Balaban J connectivity index is 1.10. The topological polar surface area (TPSA) is 3.24 Å². The lowest BCUT2D eigenvalue weighted by Gasteiger charge is -2.52. The number of fused-ring (bicyclic) bond motifs is 10. The van der Waals surface area contributed by atoms with Gasteiger partial charge in [-0.3, -0.25) is 0 Å². The lowest BCUT2D eigenvalue weighted by atomic mass is 9.64. The highest BCUT2D eigenvalue weighted by molar-refractivity contribution is 7.99. The van der Waals surface area contributed by atoms with E-state index < -0.39 is 13.5 Å². The Kier molecular flexibility index (Phi) is 10.1. The molecule has 0 unspecified atom stereocenters. The monoisotopic (exact) mass is 949 g/mol. The van der Waals surface area contributed by atoms with Crippen LogP contribution in [0.3, 0.4) is 0 Å². The lowest BCUT2D eigenvalue weighted by molar-refractivity contribution is 0.707. The predicted molar refractivity (Wildman–Crippen MR) is 307 cm³/mol. The molecule has 0 atom stereocenters. The molecule has 14 rings (SSSR count). The van der Waals surface area contributed by atoms with E-state index >= 15 is 0 Å². The van der Waals surface area contributed by atoms with E-state index in [1.54, 1.807) is 0 Å². The Morgan fingerprint density at radius 1 is 0.319 bits per heavy atom. The first-order valence-corrected chi connectivity index (χ1v) is 27.7. The molecule has 0 amide bonds. The summed E-state index contributed by atoms with van der Waals surface area (Å²) >= 11 is 1.90. The fourth-order valence-corrected chi connectivity index (χ4v) is 19.2. The predicted octanol–water partition coefficient (Wildman–Crippen LogP) is 15.3. The maximum atomic E-state index is 2.57. The molecule has 0 saturated heterocycles. The van der Waals surface area contributed by atoms with E-state index in [1.165, 1.54) is 102 Å². The summed E-state index contributed by atoms with van der Waals surface area (Å²) in [6, 6.07) is 107. The van der Waals surface area contributed by atoms with E-state index in [9.17, 15) is 0 Å². The molecule has 72 heavy (non-hydrogen) atoms. The molecule has 0 aromatic heterocycles. The fourth-order valence-electron chi connectivity index (χ4n) is 12.5. The van der Waals surface area contributed by atoms with Crippen LogP contribution in [0.5, 0.6) is 0 Å². The van der Waals surface area contributed by atoms with E-state index in [0.717, 1.165) is 11.4 Å². The van der Waals surface area contributed by atoms with Gasteiger partial charge in [0.15, 0.2) is 8.07 Å². The molecule has 338 valence electrons. The molecule has 0 fully saturated rings. The molecule has 0 bridgehead atoms. The van der Waals surface area contributed by atoms with Crippen LogP contribution in [-0.2, 0) is 5.41 Å². The Hall–Kier alpha value is -8.47. The van der Waals surface area contributed by atoms with Crippen LogP contribution in [0, 0.1) is 0 Å². The molecular formula is C69H47NSSi. The summed E-state index contributed by atoms with van der Waals surface area (Å²) in [6.45, 7) is 0. The molecule has 2 heterocycles. The summed E-state index contributed by atoms with van der Waals surface area (Å²) < 4.78 is 0. The molecular weight excluding hydrogens is 903 g/mol. The van der Waals surface area contributed by atoms with Crippen molar-refractivity contribution in [2.45, 2.75) is 15.2 Å². The third kappa shape index (κ3) is 6.34. The smallest absolute Gasteiger partial charge is 0.182 e. The highest BCUT2D eigenvalue weighted by Gasteiger charge is 2.58. The van der Waals surface area contributed by atoms with Crippen LogP contribution in [-0.4, -0.2) is 8.07 Å². The standard InChI is InChI=1S/C69H47NSSi/c1-3-24-54(25-4-1)72(55-26-5-2-6-27-55)67-39-16-13-34-62(67)69(60-32-11-14-37-65(60)71-66-38-15-12-33-61(66)69)63-35-19-36-64(68(63)72)70(52-44-40-50(41-45-52)58-30-17-22-48-20-7-9-28-56(48)58)53-46-42-51(43-47-53)59-31-18-23-49-21-8-10-29-57(49)59/h1-47H. The van der Waals surface area contributed by atoms with Gasteiger partial charge in [0.2, 0.25) is 0 Å². The largest absolute Gasteiger partial charge is 0.311 e. The van der Waals surface area contributed by atoms with Crippen LogP contribution in [0.25, 0.3) is 43.8 Å². The Morgan fingerprint density at radius 3 is 1.28 bits per heavy atom. The van der Waals surface area contributed by atoms with Gasteiger partial charge in [0, 0.05) is 26.9 Å². The third-order valence-corrected chi connectivity index (χ3v) is 21.5. The first-order chi connectivity index (χ1) is 35.7. The fraction of sp³-hybridized carbons (Fsp3) is 0.0145. The molecule has 0 saturated carbocycles. The van der Waals surface area contributed by atoms with E-state index in [0.29, 0.717) is 0 Å². The molecule has 2 aliphatic rings. The summed E-state index contributed by atoms with van der Waals surface area (Å²) in [5.74, 6) is 0. The van der Waals surface area contributed by atoms with Crippen LogP contribution in [0.15, 0.2) is 295 Å². The maximum absolute atomic E-state index is 3.24. The van der Waals surface area contributed by atoms with Gasteiger partial charge >= 0.3 is 0 Å². The van der Waals surface area contributed by atoms with Crippen molar-refractivity contribution in [2.24, 2.45) is 0 Å². The summed E-state index contributed by atoms with van der Waals surface area (Å²) in [5, 5.41) is 10.5. The van der Waals surface area contributed by atoms with Crippen molar-refractivity contribution in [1.82, 2.24) is 0 Å². The van der Waals surface area contributed by atoms with E-state index in [-0.39, 0.29) is 0 Å². The van der Waals surface area contributed by atoms with Crippen LogP contribution >= 0.6 is 11.8 Å². The van der Waals surface area contributed by atoms with Crippen molar-refractivity contribution in [2.75, 3.05) is 4.90 Å². The second kappa shape index (κ2) is 17.1. The van der Waals surface area contributed by atoms with Gasteiger partial charge in [0.1, 0.15) is 0 Å². The number of hydrogen-bond acceptors (Lipinski definition) is 2. The number of hydrogen-bond donors (Lipinski definition) is 0. The molecule has 12 aromatic carbocycles. The minimum absolute atomic E-state index is 0.622. The summed E-state index contributed by atoms with van der Waals surface area (Å²) in [5.41, 5.74) is 13.0. The quantitative estimate of drug-likeness (QED) is 0.147. The van der Waals surface area contributed by atoms with Crippen LogP contribution in [0.4, 0.5) is 17.1 Å². The van der Waals surface area contributed by atoms with Gasteiger partial charge in [-0.25, -0.2) is 0 Å². The van der Waals surface area contributed by atoms with E-state index in [4.69, 9.17) is 0 Å². The molecule has 1 nitrogen and oxygen atoms in total. The van der Waals surface area contributed by atoms with Crippen molar-refractivity contribution < 1.29 is 0 Å².